The lowest BCUT2D eigenvalue weighted by Crippen LogP contribution is -2.50. The van der Waals surface area contributed by atoms with Crippen molar-refractivity contribution in [3.63, 3.8) is 0 Å². The molecule has 0 saturated heterocycles. The monoisotopic (exact) mass is 397 g/mol. The largest absolute Gasteiger partial charge is 0.361 e. The highest BCUT2D eigenvalue weighted by molar-refractivity contribution is 5.91. The summed E-state index contributed by atoms with van der Waals surface area (Å²) in [5.41, 5.74) is 2.09. The molecule has 1 aromatic heterocycles. The summed E-state index contributed by atoms with van der Waals surface area (Å²) in [5, 5.41) is 1.11. The van der Waals surface area contributed by atoms with Gasteiger partial charge in [-0.05, 0) is 24.0 Å². The molecule has 5 nitrogen and oxygen atoms in total. The Morgan fingerprint density at radius 2 is 1.79 bits per heavy atom. The molecular formula is C24H35N3O2. The van der Waals surface area contributed by atoms with Crippen LogP contribution in [0.1, 0.15) is 52.5 Å². The zero-order valence-electron chi connectivity index (χ0n) is 18.6. The Morgan fingerprint density at radius 3 is 2.45 bits per heavy atom. The van der Waals surface area contributed by atoms with Gasteiger partial charge in [-0.2, -0.15) is 0 Å². The molecule has 2 aromatic rings. The fourth-order valence-corrected chi connectivity index (χ4v) is 3.46. The maximum Gasteiger partial charge on any atom is 0.249 e. The molecule has 0 radical (unpaired) electrons. The summed E-state index contributed by atoms with van der Waals surface area (Å²) < 4.78 is 0. The van der Waals surface area contributed by atoms with E-state index in [1.165, 1.54) is 0 Å². The number of H-pyrrole nitrogens is 1. The molecule has 158 valence electrons. The first-order valence-electron chi connectivity index (χ1n) is 10.6. The van der Waals surface area contributed by atoms with Crippen LogP contribution in [0.4, 0.5) is 0 Å². The molecule has 1 N–H and O–H groups in total. The molecule has 0 saturated carbocycles. The number of para-hydroxylation sites is 1. The molecule has 0 aliphatic heterocycles. The highest BCUT2D eigenvalue weighted by atomic mass is 16.2. The van der Waals surface area contributed by atoms with Gasteiger partial charge in [-0.1, -0.05) is 58.7 Å². The molecule has 1 heterocycles. The number of aromatic nitrogens is 1. The second kappa shape index (κ2) is 10.3. The van der Waals surface area contributed by atoms with Crippen LogP contribution in [-0.4, -0.2) is 46.7 Å². The van der Waals surface area contributed by atoms with E-state index in [-0.39, 0.29) is 17.7 Å². The van der Waals surface area contributed by atoms with Gasteiger partial charge in [0.15, 0.2) is 0 Å². The number of carbonyl (C=O) groups excluding carboxylic acids is 2. The molecule has 5 heteroatoms. The molecular weight excluding hydrogens is 362 g/mol. The number of rotatable bonds is 9. The predicted octanol–water partition coefficient (Wildman–Crippen LogP) is 4.91. The van der Waals surface area contributed by atoms with Gasteiger partial charge in [0.1, 0.15) is 6.04 Å². The van der Waals surface area contributed by atoms with Crippen LogP contribution in [0.5, 0.6) is 0 Å². The maximum absolute atomic E-state index is 13.2. The SMILES string of the molecule is CCC(C)CC(=O)N(C)[C@H](C(=O)N(C)/C=C\c1c[nH]c2ccccc12)C(C)CC. The Morgan fingerprint density at radius 1 is 1.10 bits per heavy atom. The number of benzene rings is 1. The zero-order chi connectivity index (χ0) is 21.6. The summed E-state index contributed by atoms with van der Waals surface area (Å²) in [7, 11) is 3.52. The summed E-state index contributed by atoms with van der Waals surface area (Å²) in [6.07, 6.45) is 7.92. The van der Waals surface area contributed by atoms with Gasteiger partial charge in [-0.15, -0.1) is 0 Å². The van der Waals surface area contributed by atoms with Crippen LogP contribution in [0.15, 0.2) is 36.7 Å². The van der Waals surface area contributed by atoms with Gasteiger partial charge in [0.2, 0.25) is 11.8 Å². The van der Waals surface area contributed by atoms with Crippen molar-refractivity contribution < 1.29 is 9.59 Å². The van der Waals surface area contributed by atoms with Gasteiger partial charge in [-0.3, -0.25) is 9.59 Å². The molecule has 1 aromatic carbocycles. The molecule has 0 fully saturated rings. The minimum absolute atomic E-state index is 0.0343. The van der Waals surface area contributed by atoms with Gasteiger partial charge in [-0.25, -0.2) is 0 Å². The van der Waals surface area contributed by atoms with Crippen molar-refractivity contribution >= 4 is 28.8 Å². The predicted molar refractivity (Wildman–Crippen MR) is 120 cm³/mol. The first kappa shape index (κ1) is 22.7. The Bertz CT molecular complexity index is 855. The first-order valence-corrected chi connectivity index (χ1v) is 10.6. The smallest absolute Gasteiger partial charge is 0.249 e. The van der Waals surface area contributed by atoms with Crippen molar-refractivity contribution in [2.45, 2.75) is 53.0 Å². The van der Waals surface area contributed by atoms with E-state index in [4.69, 9.17) is 0 Å². The molecule has 0 aliphatic rings. The number of likely N-dealkylation sites (N-methyl/N-ethyl adjacent to an activating group) is 2. The number of hydrogen-bond acceptors (Lipinski definition) is 2. The third-order valence-electron chi connectivity index (χ3n) is 5.91. The van der Waals surface area contributed by atoms with E-state index >= 15 is 0 Å². The van der Waals surface area contributed by atoms with Crippen LogP contribution in [0.2, 0.25) is 0 Å². The van der Waals surface area contributed by atoms with Gasteiger partial charge in [0.25, 0.3) is 0 Å². The van der Waals surface area contributed by atoms with Gasteiger partial charge < -0.3 is 14.8 Å². The average Bonchev–Trinajstić information content (AvgIpc) is 3.14. The molecule has 0 bridgehead atoms. The Kier molecular flexibility index (Phi) is 8.06. The van der Waals surface area contributed by atoms with E-state index in [1.807, 2.05) is 37.4 Å². The summed E-state index contributed by atoms with van der Waals surface area (Å²) in [6.45, 7) is 8.24. The normalized spacial score (nSPS) is 14.7. The summed E-state index contributed by atoms with van der Waals surface area (Å²) in [5.74, 6) is 0.372. The average molecular weight is 398 g/mol. The zero-order valence-corrected chi connectivity index (χ0v) is 18.6. The second-order valence-electron chi connectivity index (χ2n) is 8.11. The lowest BCUT2D eigenvalue weighted by molar-refractivity contribution is -0.144. The topological polar surface area (TPSA) is 56.4 Å². The number of hydrogen-bond donors (Lipinski definition) is 1. The van der Waals surface area contributed by atoms with Gasteiger partial charge in [0, 0.05) is 49.4 Å². The van der Waals surface area contributed by atoms with Crippen LogP contribution in [0, 0.1) is 11.8 Å². The number of nitrogens with one attached hydrogen (secondary N) is 1. The number of nitrogens with zero attached hydrogens (tertiary/aromatic N) is 2. The number of amides is 2. The van der Waals surface area contributed by atoms with E-state index in [9.17, 15) is 9.59 Å². The van der Waals surface area contributed by atoms with E-state index in [0.717, 1.165) is 29.3 Å². The fraction of sp³-hybridized carbons (Fsp3) is 0.500. The summed E-state index contributed by atoms with van der Waals surface area (Å²) in [6, 6.07) is 7.60. The lowest BCUT2D eigenvalue weighted by atomic mass is 9.95. The minimum Gasteiger partial charge on any atom is -0.361 e. The van der Waals surface area contributed by atoms with Crippen LogP contribution >= 0.6 is 0 Å². The third-order valence-corrected chi connectivity index (χ3v) is 5.91. The van der Waals surface area contributed by atoms with E-state index < -0.39 is 6.04 Å². The maximum atomic E-state index is 13.2. The van der Waals surface area contributed by atoms with Crippen molar-refractivity contribution in [1.29, 1.82) is 0 Å². The van der Waals surface area contributed by atoms with Gasteiger partial charge >= 0.3 is 0 Å². The highest BCUT2D eigenvalue weighted by Gasteiger charge is 2.32. The quantitative estimate of drug-likeness (QED) is 0.654. The van der Waals surface area contributed by atoms with Crippen molar-refractivity contribution in [2.75, 3.05) is 14.1 Å². The number of carbonyl (C=O) groups is 2. The van der Waals surface area contributed by atoms with Crippen LogP contribution in [0.25, 0.3) is 17.0 Å². The molecule has 0 aliphatic carbocycles. The van der Waals surface area contributed by atoms with Gasteiger partial charge in [0.05, 0.1) is 0 Å². The summed E-state index contributed by atoms with van der Waals surface area (Å²) in [4.78, 5) is 32.5. The molecule has 3 atom stereocenters. The van der Waals surface area contributed by atoms with Crippen molar-refractivity contribution in [1.82, 2.24) is 14.8 Å². The molecule has 29 heavy (non-hydrogen) atoms. The third kappa shape index (κ3) is 5.49. The van der Waals surface area contributed by atoms with Crippen molar-refractivity contribution in [3.05, 3.63) is 42.2 Å². The fourth-order valence-electron chi connectivity index (χ4n) is 3.46. The molecule has 0 spiro atoms. The Balaban J connectivity index is 2.18. The standard InChI is InChI=1S/C24H35N3O2/c1-7-17(3)15-22(28)27(6)23(18(4)8-2)24(29)26(5)14-13-19-16-25-21-12-10-9-11-20(19)21/h9-14,16-18,23,25H,7-8,15H2,1-6H3/b14-13-/t17?,18?,23-/m0/s1. The van der Waals surface area contributed by atoms with E-state index in [2.05, 4.69) is 31.8 Å². The van der Waals surface area contributed by atoms with Crippen LogP contribution in [0.3, 0.4) is 0 Å². The Hall–Kier alpha value is -2.56. The minimum atomic E-state index is -0.464. The van der Waals surface area contributed by atoms with Crippen LogP contribution < -0.4 is 0 Å². The summed E-state index contributed by atoms with van der Waals surface area (Å²) >= 11 is 0. The molecule has 2 unspecified atom stereocenters. The molecule has 2 rings (SSSR count). The van der Waals surface area contributed by atoms with Crippen LogP contribution in [-0.2, 0) is 9.59 Å². The number of aromatic amines is 1. The number of fused-ring (bicyclic) bond motifs is 1. The Labute approximate surface area is 174 Å². The van der Waals surface area contributed by atoms with Crippen molar-refractivity contribution in [3.8, 4) is 0 Å². The van der Waals surface area contributed by atoms with E-state index in [1.54, 1.807) is 30.1 Å². The van der Waals surface area contributed by atoms with Crippen molar-refractivity contribution in [2.24, 2.45) is 11.8 Å². The highest BCUT2D eigenvalue weighted by Crippen LogP contribution is 2.21. The first-order chi connectivity index (χ1) is 13.8. The lowest BCUT2D eigenvalue weighted by Gasteiger charge is -2.34. The van der Waals surface area contributed by atoms with E-state index in [0.29, 0.717) is 12.3 Å². The molecule has 2 amide bonds. The second-order valence-corrected chi connectivity index (χ2v) is 8.11.